The van der Waals surface area contributed by atoms with Gasteiger partial charge in [-0.25, -0.2) is 0 Å². The Labute approximate surface area is 136 Å². The van der Waals surface area contributed by atoms with Crippen LogP contribution in [-0.4, -0.2) is 18.5 Å². The number of allylic oxidation sites excluding steroid dienone is 2. The summed E-state index contributed by atoms with van der Waals surface area (Å²) in [5, 5.41) is 2.30. The standard InChI is InChI=1S/C17H16F3NO3/c18-17(19,20)12-2-1-3-13(8-12)21-15(22)9-24-16(23)14-7-10-4-5-11(14)6-10/h1-5,8,10-11,14H,6-7,9H2,(H,21,22)/t10-,11-,14+/m0/s1. The molecule has 128 valence electrons. The Morgan fingerprint density at radius 1 is 1.21 bits per heavy atom. The summed E-state index contributed by atoms with van der Waals surface area (Å²) in [6.45, 7) is -0.507. The third-order valence-electron chi connectivity index (χ3n) is 4.40. The van der Waals surface area contributed by atoms with Crippen molar-refractivity contribution in [1.29, 1.82) is 0 Å². The molecule has 2 bridgehead atoms. The first-order valence-corrected chi connectivity index (χ1v) is 7.65. The summed E-state index contributed by atoms with van der Waals surface area (Å²) in [5.41, 5.74) is -0.847. The van der Waals surface area contributed by atoms with E-state index in [0.29, 0.717) is 5.92 Å². The summed E-state index contributed by atoms with van der Waals surface area (Å²) in [6, 6.07) is 4.29. The summed E-state index contributed by atoms with van der Waals surface area (Å²) in [7, 11) is 0. The van der Waals surface area contributed by atoms with Crippen molar-refractivity contribution in [3.63, 3.8) is 0 Å². The Balaban J connectivity index is 1.51. The van der Waals surface area contributed by atoms with Crippen LogP contribution in [0.3, 0.4) is 0 Å². The van der Waals surface area contributed by atoms with Crippen LogP contribution in [-0.2, 0) is 20.5 Å². The van der Waals surface area contributed by atoms with E-state index >= 15 is 0 Å². The Morgan fingerprint density at radius 3 is 2.62 bits per heavy atom. The van der Waals surface area contributed by atoms with E-state index in [1.807, 2.05) is 6.08 Å². The van der Waals surface area contributed by atoms with Crippen LogP contribution in [0, 0.1) is 17.8 Å². The van der Waals surface area contributed by atoms with Crippen LogP contribution >= 0.6 is 0 Å². The first kappa shape index (κ1) is 16.5. The van der Waals surface area contributed by atoms with Gasteiger partial charge >= 0.3 is 12.1 Å². The zero-order valence-electron chi connectivity index (χ0n) is 12.7. The van der Waals surface area contributed by atoms with Crippen LogP contribution < -0.4 is 5.32 Å². The number of nitrogens with one attached hydrogen (secondary N) is 1. The highest BCUT2D eigenvalue weighted by Gasteiger charge is 2.40. The number of alkyl halides is 3. The minimum absolute atomic E-state index is 0.00808. The van der Waals surface area contributed by atoms with Crippen molar-refractivity contribution in [2.75, 3.05) is 11.9 Å². The van der Waals surface area contributed by atoms with Crippen LogP contribution in [0.1, 0.15) is 18.4 Å². The quantitative estimate of drug-likeness (QED) is 0.676. The van der Waals surface area contributed by atoms with Crippen molar-refractivity contribution in [3.05, 3.63) is 42.0 Å². The Morgan fingerprint density at radius 2 is 2.00 bits per heavy atom. The molecule has 0 aromatic heterocycles. The maximum absolute atomic E-state index is 12.6. The average molecular weight is 339 g/mol. The Hall–Kier alpha value is -2.31. The van der Waals surface area contributed by atoms with Crippen LogP contribution in [0.5, 0.6) is 0 Å². The highest BCUT2D eigenvalue weighted by Crippen LogP contribution is 2.43. The predicted molar refractivity (Wildman–Crippen MR) is 79.9 cm³/mol. The van der Waals surface area contributed by atoms with Crippen molar-refractivity contribution in [2.45, 2.75) is 19.0 Å². The molecule has 1 aromatic rings. The number of benzene rings is 1. The highest BCUT2D eigenvalue weighted by molar-refractivity contribution is 5.93. The molecule has 1 aromatic carbocycles. The molecule has 0 aliphatic heterocycles. The zero-order valence-corrected chi connectivity index (χ0v) is 12.7. The number of hydrogen-bond acceptors (Lipinski definition) is 3. The molecule has 0 unspecified atom stereocenters. The molecule has 7 heteroatoms. The molecule has 2 aliphatic rings. The number of hydrogen-bond donors (Lipinski definition) is 1. The summed E-state index contributed by atoms with van der Waals surface area (Å²) in [6.07, 6.45) is 1.28. The number of fused-ring (bicyclic) bond motifs is 2. The smallest absolute Gasteiger partial charge is 0.416 e. The van der Waals surface area contributed by atoms with Crippen molar-refractivity contribution >= 4 is 17.6 Å². The summed E-state index contributed by atoms with van der Waals surface area (Å²) in [5.74, 6) is -0.728. The van der Waals surface area contributed by atoms with E-state index in [0.717, 1.165) is 25.0 Å². The molecule has 0 saturated heterocycles. The fourth-order valence-corrected chi connectivity index (χ4v) is 3.27. The van der Waals surface area contributed by atoms with E-state index in [4.69, 9.17) is 4.74 Å². The van der Waals surface area contributed by atoms with Gasteiger partial charge in [0.25, 0.3) is 5.91 Å². The van der Waals surface area contributed by atoms with Crippen molar-refractivity contribution < 1.29 is 27.5 Å². The molecule has 1 amide bonds. The van der Waals surface area contributed by atoms with Crippen LogP contribution in [0.4, 0.5) is 18.9 Å². The topological polar surface area (TPSA) is 55.4 Å². The molecular weight excluding hydrogens is 323 g/mol. The molecule has 1 N–H and O–H groups in total. The number of esters is 1. The number of amides is 1. The predicted octanol–water partition coefficient (Wildman–Crippen LogP) is 3.40. The number of anilines is 1. The van der Waals surface area contributed by atoms with E-state index in [1.165, 1.54) is 12.1 Å². The maximum atomic E-state index is 12.6. The number of carbonyl (C=O) groups is 2. The minimum Gasteiger partial charge on any atom is -0.455 e. The molecule has 3 atom stereocenters. The van der Waals surface area contributed by atoms with Gasteiger partial charge in [-0.05, 0) is 42.9 Å². The Bertz CT molecular complexity index is 684. The maximum Gasteiger partial charge on any atom is 0.416 e. The van der Waals surface area contributed by atoms with Crippen LogP contribution in [0.15, 0.2) is 36.4 Å². The molecule has 2 aliphatic carbocycles. The van der Waals surface area contributed by atoms with Crippen molar-refractivity contribution in [3.8, 4) is 0 Å². The SMILES string of the molecule is O=C(COC(=O)[C@@H]1C[C@H]2C=C[C@H]1C2)Nc1cccc(C(F)(F)F)c1. The van der Waals surface area contributed by atoms with Gasteiger partial charge in [-0.3, -0.25) is 9.59 Å². The van der Waals surface area contributed by atoms with Gasteiger partial charge in [0.15, 0.2) is 6.61 Å². The minimum atomic E-state index is -4.48. The van der Waals surface area contributed by atoms with Gasteiger partial charge in [-0.2, -0.15) is 13.2 Å². The molecular formula is C17H16F3NO3. The lowest BCUT2D eigenvalue weighted by molar-refractivity contribution is -0.152. The molecule has 1 saturated carbocycles. The number of halogens is 3. The molecule has 3 rings (SSSR count). The van der Waals surface area contributed by atoms with Gasteiger partial charge in [-0.1, -0.05) is 18.2 Å². The number of ether oxygens (including phenoxy) is 1. The largest absolute Gasteiger partial charge is 0.455 e. The fraction of sp³-hybridized carbons (Fsp3) is 0.412. The third-order valence-corrected chi connectivity index (χ3v) is 4.40. The molecule has 24 heavy (non-hydrogen) atoms. The lowest BCUT2D eigenvalue weighted by atomic mass is 9.94. The summed E-state index contributed by atoms with van der Waals surface area (Å²) >= 11 is 0. The summed E-state index contributed by atoms with van der Waals surface area (Å²) in [4.78, 5) is 23.8. The van der Waals surface area contributed by atoms with Crippen molar-refractivity contribution in [1.82, 2.24) is 0 Å². The third kappa shape index (κ3) is 3.60. The van der Waals surface area contributed by atoms with E-state index < -0.39 is 30.2 Å². The second-order valence-electron chi connectivity index (χ2n) is 6.12. The van der Waals surface area contributed by atoms with Gasteiger partial charge in [0.2, 0.25) is 0 Å². The Kier molecular flexibility index (Phi) is 4.34. The lowest BCUT2D eigenvalue weighted by Gasteiger charge is -2.16. The number of rotatable bonds is 4. The van der Waals surface area contributed by atoms with Gasteiger partial charge in [0.1, 0.15) is 0 Å². The normalized spacial score (nSPS) is 24.9. The molecule has 4 nitrogen and oxygen atoms in total. The monoisotopic (exact) mass is 339 g/mol. The van der Waals surface area contributed by atoms with Gasteiger partial charge in [0, 0.05) is 5.69 Å². The molecule has 0 heterocycles. The number of carbonyl (C=O) groups excluding carboxylic acids is 2. The van der Waals surface area contributed by atoms with E-state index in [2.05, 4.69) is 11.4 Å². The van der Waals surface area contributed by atoms with E-state index in [9.17, 15) is 22.8 Å². The van der Waals surface area contributed by atoms with E-state index in [-0.39, 0.29) is 17.5 Å². The van der Waals surface area contributed by atoms with Gasteiger partial charge in [-0.15, -0.1) is 0 Å². The second-order valence-corrected chi connectivity index (χ2v) is 6.12. The molecule has 1 fully saturated rings. The van der Waals surface area contributed by atoms with Crippen molar-refractivity contribution in [2.24, 2.45) is 17.8 Å². The van der Waals surface area contributed by atoms with E-state index in [1.54, 1.807) is 0 Å². The average Bonchev–Trinajstić information content (AvgIpc) is 3.15. The highest BCUT2D eigenvalue weighted by atomic mass is 19.4. The van der Waals surface area contributed by atoms with Crippen LogP contribution in [0.25, 0.3) is 0 Å². The first-order chi connectivity index (χ1) is 11.3. The van der Waals surface area contributed by atoms with Crippen LogP contribution in [0.2, 0.25) is 0 Å². The second kappa shape index (κ2) is 6.30. The zero-order chi connectivity index (χ0) is 17.3. The van der Waals surface area contributed by atoms with Gasteiger partial charge < -0.3 is 10.1 Å². The lowest BCUT2D eigenvalue weighted by Crippen LogP contribution is -2.26. The fourth-order valence-electron chi connectivity index (χ4n) is 3.27. The molecule has 0 spiro atoms. The summed E-state index contributed by atoms with van der Waals surface area (Å²) < 4.78 is 42.9. The van der Waals surface area contributed by atoms with Gasteiger partial charge in [0.05, 0.1) is 11.5 Å². The molecule has 0 radical (unpaired) electrons. The first-order valence-electron chi connectivity index (χ1n) is 7.65.